The molecule has 1 atom stereocenters. The molecule has 1 aromatic carbocycles. The van der Waals surface area contributed by atoms with Crippen LogP contribution in [0.5, 0.6) is 17.5 Å². The molecule has 1 aliphatic heterocycles. The van der Waals surface area contributed by atoms with Crippen LogP contribution < -0.4 is 14.4 Å². The Morgan fingerprint density at radius 3 is 2.53 bits per heavy atom. The summed E-state index contributed by atoms with van der Waals surface area (Å²) < 4.78 is 49.6. The van der Waals surface area contributed by atoms with E-state index in [0.717, 1.165) is 23.4 Å². The van der Waals surface area contributed by atoms with Gasteiger partial charge in [0.1, 0.15) is 11.5 Å². The van der Waals surface area contributed by atoms with Crippen molar-refractivity contribution in [1.29, 1.82) is 0 Å². The van der Waals surface area contributed by atoms with Gasteiger partial charge in [0.05, 0.1) is 6.54 Å². The number of pyridine rings is 1. The molecule has 0 aliphatic carbocycles. The molecule has 3 aromatic rings. The Kier molecular flexibility index (Phi) is 8.07. The van der Waals surface area contributed by atoms with Crippen LogP contribution in [0.15, 0.2) is 42.6 Å². The summed E-state index contributed by atoms with van der Waals surface area (Å²) in [6.45, 7) is 4.13. The van der Waals surface area contributed by atoms with E-state index in [4.69, 9.17) is 4.74 Å². The molecule has 1 amide bonds. The molecule has 0 saturated heterocycles. The van der Waals surface area contributed by atoms with Crippen LogP contribution in [0.4, 0.5) is 19.0 Å². The van der Waals surface area contributed by atoms with Gasteiger partial charge in [0.25, 0.3) is 5.91 Å². The van der Waals surface area contributed by atoms with Crippen molar-refractivity contribution in [2.24, 2.45) is 0 Å². The van der Waals surface area contributed by atoms with Gasteiger partial charge in [-0.2, -0.15) is 4.98 Å². The van der Waals surface area contributed by atoms with Gasteiger partial charge in [-0.05, 0) is 43.5 Å². The van der Waals surface area contributed by atoms with Gasteiger partial charge < -0.3 is 24.6 Å². The van der Waals surface area contributed by atoms with E-state index < -0.39 is 24.4 Å². The zero-order chi connectivity index (χ0) is 27.4. The van der Waals surface area contributed by atoms with Crippen LogP contribution >= 0.6 is 0 Å². The summed E-state index contributed by atoms with van der Waals surface area (Å²) in [6.07, 6.45) is -3.68. The number of carbonyl (C=O) groups is 1. The fraction of sp³-hybridized carbons (Fsp3) is 0.400. The van der Waals surface area contributed by atoms with Crippen LogP contribution in [0.2, 0.25) is 0 Å². The average Bonchev–Trinajstić information content (AvgIpc) is 3.20. The fourth-order valence-corrected chi connectivity index (χ4v) is 4.11. The van der Waals surface area contributed by atoms with Crippen molar-refractivity contribution in [2.45, 2.75) is 45.9 Å². The van der Waals surface area contributed by atoms with Crippen molar-refractivity contribution in [3.63, 3.8) is 0 Å². The number of alkyl halides is 3. The Balaban J connectivity index is 1.80. The molecule has 0 spiro atoms. The molecule has 0 radical (unpaired) electrons. The first-order chi connectivity index (χ1) is 18.1. The number of halogens is 3. The number of hydrogen-bond acceptors (Lipinski definition) is 8. The van der Waals surface area contributed by atoms with Gasteiger partial charge in [-0.1, -0.05) is 19.1 Å². The number of fused-ring (bicyclic) bond motifs is 1. The van der Waals surface area contributed by atoms with Crippen LogP contribution in [-0.2, 0) is 6.54 Å². The predicted octanol–water partition coefficient (Wildman–Crippen LogP) is 3.66. The molecule has 0 fully saturated rings. The fourth-order valence-electron chi connectivity index (χ4n) is 4.11. The number of imidazole rings is 1. The molecule has 4 rings (SSSR count). The second kappa shape index (κ2) is 11.3. The molecule has 0 bridgehead atoms. The first kappa shape index (κ1) is 27.2. The predicted molar refractivity (Wildman–Crippen MR) is 130 cm³/mol. The number of nitrogens with zero attached hydrogens (tertiary/aromatic N) is 5. The lowest BCUT2D eigenvalue weighted by molar-refractivity contribution is -0.274. The van der Waals surface area contributed by atoms with E-state index in [9.17, 15) is 28.2 Å². The lowest BCUT2D eigenvalue weighted by Gasteiger charge is -2.40. The number of anilines is 1. The number of aromatic nitrogens is 3. The van der Waals surface area contributed by atoms with Gasteiger partial charge in [0.2, 0.25) is 6.35 Å². The second-order valence-corrected chi connectivity index (χ2v) is 8.70. The third-order valence-electron chi connectivity index (χ3n) is 5.79. The quantitative estimate of drug-likeness (QED) is 0.405. The molecule has 13 heteroatoms. The first-order valence-corrected chi connectivity index (χ1v) is 12.0. The number of hydrogen-bond donors (Lipinski definition) is 2. The van der Waals surface area contributed by atoms with Crippen LogP contribution in [0, 0.1) is 6.92 Å². The standard InChI is InChI=1S/C25H28F3N5O5/c1-3-10-31-21-20(22(35)32(24(31)36)11-5-12-34)33(15-17-9-8-16(2)29-14-17)23(30-21)37-18-6-4-7-19(13-18)38-25(26,27)28/h4,6-9,13-14,24,34,36H,3,5,10-12,15H2,1-2H3. The Morgan fingerprint density at radius 1 is 1.11 bits per heavy atom. The minimum atomic E-state index is -4.88. The Labute approximate surface area is 216 Å². The third kappa shape index (κ3) is 6.00. The topological polar surface area (TPSA) is 113 Å². The minimum Gasteiger partial charge on any atom is -0.425 e. The summed E-state index contributed by atoms with van der Waals surface area (Å²) in [7, 11) is 0. The highest BCUT2D eigenvalue weighted by Gasteiger charge is 2.41. The highest BCUT2D eigenvalue weighted by molar-refractivity contribution is 6.00. The number of aliphatic hydroxyl groups excluding tert-OH is 2. The lowest BCUT2D eigenvalue weighted by atomic mass is 10.2. The van der Waals surface area contributed by atoms with Gasteiger partial charge in [0, 0.05) is 37.7 Å². The number of benzene rings is 1. The monoisotopic (exact) mass is 535 g/mol. The Morgan fingerprint density at radius 2 is 1.87 bits per heavy atom. The van der Waals surface area contributed by atoms with Gasteiger partial charge in [-0.25, -0.2) is 0 Å². The summed E-state index contributed by atoms with van der Waals surface area (Å²) in [5.74, 6) is -0.813. The minimum absolute atomic E-state index is 0.00422. The molecule has 38 heavy (non-hydrogen) atoms. The average molecular weight is 536 g/mol. The van der Waals surface area contributed by atoms with Gasteiger partial charge in [-0.3, -0.25) is 19.2 Å². The van der Waals surface area contributed by atoms with E-state index in [1.807, 2.05) is 19.9 Å². The zero-order valence-corrected chi connectivity index (χ0v) is 20.9. The van der Waals surface area contributed by atoms with Crippen LogP contribution in [0.25, 0.3) is 0 Å². The van der Waals surface area contributed by atoms with Crippen molar-refractivity contribution in [1.82, 2.24) is 19.4 Å². The smallest absolute Gasteiger partial charge is 0.425 e. The largest absolute Gasteiger partial charge is 0.573 e. The molecule has 2 aromatic heterocycles. The molecule has 204 valence electrons. The van der Waals surface area contributed by atoms with Gasteiger partial charge >= 0.3 is 12.4 Å². The van der Waals surface area contributed by atoms with Crippen LogP contribution in [0.3, 0.4) is 0 Å². The number of aryl methyl sites for hydroxylation is 1. The number of ether oxygens (including phenoxy) is 2. The maximum Gasteiger partial charge on any atom is 0.573 e. The van der Waals surface area contributed by atoms with Crippen molar-refractivity contribution >= 4 is 11.7 Å². The number of rotatable bonds is 10. The molecule has 1 aliphatic rings. The summed E-state index contributed by atoms with van der Waals surface area (Å²) >= 11 is 0. The highest BCUT2D eigenvalue weighted by atomic mass is 19.4. The maximum atomic E-state index is 13.6. The van der Waals surface area contributed by atoms with Crippen LogP contribution in [-0.4, -0.2) is 68.0 Å². The maximum absolute atomic E-state index is 13.6. The zero-order valence-electron chi connectivity index (χ0n) is 20.9. The third-order valence-corrected chi connectivity index (χ3v) is 5.79. The second-order valence-electron chi connectivity index (χ2n) is 8.70. The van der Waals surface area contributed by atoms with Gasteiger partial charge in [-0.15, -0.1) is 13.2 Å². The van der Waals surface area contributed by atoms with E-state index in [2.05, 4.69) is 14.7 Å². The van der Waals surface area contributed by atoms with E-state index in [-0.39, 0.29) is 49.4 Å². The molecule has 3 heterocycles. The molecular weight excluding hydrogens is 507 g/mol. The molecular formula is C25H28F3N5O5. The summed E-state index contributed by atoms with van der Waals surface area (Å²) in [4.78, 5) is 25.2. The Bertz CT molecular complexity index is 1270. The number of amides is 1. The molecule has 2 N–H and O–H groups in total. The van der Waals surface area contributed by atoms with E-state index >= 15 is 0 Å². The SMILES string of the molecule is CCCN1c2nc(Oc3cccc(OC(F)(F)F)c3)n(Cc3ccc(C)nc3)c2C(=O)N(CCCO)C1O. The van der Waals surface area contributed by atoms with Crippen molar-refractivity contribution in [3.05, 3.63) is 59.5 Å². The van der Waals surface area contributed by atoms with Crippen molar-refractivity contribution in [2.75, 3.05) is 24.6 Å². The molecule has 1 unspecified atom stereocenters. The number of carbonyl (C=O) groups excluding carboxylic acids is 1. The lowest BCUT2D eigenvalue weighted by Crippen LogP contribution is -2.56. The molecule has 0 saturated carbocycles. The first-order valence-electron chi connectivity index (χ1n) is 12.0. The number of aliphatic hydroxyl groups is 2. The normalized spacial score (nSPS) is 15.6. The molecule has 10 nitrogen and oxygen atoms in total. The Hall–Kier alpha value is -3.84. The highest BCUT2D eigenvalue weighted by Crippen LogP contribution is 2.36. The summed E-state index contributed by atoms with van der Waals surface area (Å²) in [6, 6.07) is 8.53. The van der Waals surface area contributed by atoms with Crippen molar-refractivity contribution < 1.29 is 37.7 Å². The van der Waals surface area contributed by atoms with Crippen LogP contribution in [0.1, 0.15) is 41.5 Å². The summed E-state index contributed by atoms with van der Waals surface area (Å²) in [5, 5.41) is 20.3. The van der Waals surface area contributed by atoms with Crippen molar-refractivity contribution in [3.8, 4) is 17.5 Å². The van der Waals surface area contributed by atoms with E-state index in [1.54, 1.807) is 17.2 Å². The van der Waals surface area contributed by atoms with E-state index in [1.165, 1.54) is 21.6 Å². The van der Waals surface area contributed by atoms with E-state index in [0.29, 0.717) is 13.0 Å². The van der Waals surface area contributed by atoms with Gasteiger partial charge in [0.15, 0.2) is 11.5 Å². The summed E-state index contributed by atoms with van der Waals surface area (Å²) in [5.41, 5.74) is 1.65.